The van der Waals surface area contributed by atoms with Gasteiger partial charge in [-0.25, -0.2) is 0 Å². The van der Waals surface area contributed by atoms with Crippen LogP contribution in [0.4, 0.5) is 0 Å². The van der Waals surface area contributed by atoms with Gasteiger partial charge in [-0.3, -0.25) is 9.59 Å². The van der Waals surface area contributed by atoms with Crippen LogP contribution in [0.3, 0.4) is 0 Å². The van der Waals surface area contributed by atoms with Crippen LogP contribution in [0.5, 0.6) is 0 Å². The van der Waals surface area contributed by atoms with Crippen LogP contribution in [0.25, 0.3) is 0 Å². The van der Waals surface area contributed by atoms with Gasteiger partial charge in [-0.05, 0) is 25.5 Å². The highest BCUT2D eigenvalue weighted by Crippen LogP contribution is 2.08. The number of nitrogens with one attached hydrogen (secondary N) is 2. The van der Waals surface area contributed by atoms with Crippen LogP contribution in [-0.2, 0) is 7.05 Å². The maximum absolute atomic E-state index is 11.9. The lowest BCUT2D eigenvalue weighted by molar-refractivity contribution is 0.0953. The molecule has 1 aromatic heterocycles. The Morgan fingerprint density at radius 1 is 1.53 bits per heavy atom. The number of carbonyl (C=O) groups is 1. The van der Waals surface area contributed by atoms with Gasteiger partial charge in [0, 0.05) is 38.0 Å². The lowest BCUT2D eigenvalue weighted by atomic mass is 10.1. The molecule has 0 fully saturated rings. The highest BCUT2D eigenvalue weighted by Gasteiger charge is 2.07. The summed E-state index contributed by atoms with van der Waals surface area (Å²) in [5.41, 5.74) is 1.62. The second kappa shape index (κ2) is 6.33. The zero-order chi connectivity index (χ0) is 13.7. The number of aryl methyl sites for hydroxylation is 1. The number of hydrogen-bond donors (Lipinski definition) is 2. The minimum Gasteiger partial charge on any atom is -0.352 e. The summed E-state index contributed by atoms with van der Waals surface area (Å²) < 4.78 is 1.44. The van der Waals surface area contributed by atoms with Crippen molar-refractivity contribution in [1.82, 2.24) is 15.2 Å². The molecule has 0 radical (unpaired) electrons. The zero-order valence-electron chi connectivity index (χ0n) is 11.1. The van der Waals surface area contributed by atoms with E-state index in [0.717, 1.165) is 25.9 Å². The van der Waals surface area contributed by atoms with E-state index < -0.39 is 0 Å². The van der Waals surface area contributed by atoms with Crippen molar-refractivity contribution in [3.05, 3.63) is 45.9 Å². The number of amides is 1. The summed E-state index contributed by atoms with van der Waals surface area (Å²) >= 11 is 0. The van der Waals surface area contributed by atoms with Crippen LogP contribution in [0.1, 0.15) is 23.2 Å². The molecule has 1 amide bonds. The predicted molar refractivity (Wildman–Crippen MR) is 74.2 cm³/mol. The third kappa shape index (κ3) is 3.79. The first-order chi connectivity index (χ1) is 9.16. The fourth-order valence-electron chi connectivity index (χ4n) is 2.03. The second-order valence-corrected chi connectivity index (χ2v) is 4.69. The van der Waals surface area contributed by atoms with Gasteiger partial charge in [0.2, 0.25) is 0 Å². The topological polar surface area (TPSA) is 63.1 Å². The van der Waals surface area contributed by atoms with Crippen LogP contribution in [0.15, 0.2) is 34.8 Å². The quantitative estimate of drug-likeness (QED) is 0.772. The van der Waals surface area contributed by atoms with Crippen molar-refractivity contribution in [3.8, 4) is 0 Å². The number of rotatable bonds is 4. The molecule has 2 heterocycles. The lowest BCUT2D eigenvalue weighted by Gasteiger charge is -2.14. The molecule has 0 bridgehead atoms. The van der Waals surface area contributed by atoms with Gasteiger partial charge in [-0.2, -0.15) is 0 Å². The third-order valence-electron chi connectivity index (χ3n) is 3.26. The number of nitrogens with zero attached hydrogens (tertiary/aromatic N) is 1. The number of pyridine rings is 1. The monoisotopic (exact) mass is 261 g/mol. The van der Waals surface area contributed by atoms with Crippen LogP contribution in [-0.4, -0.2) is 30.1 Å². The molecule has 19 heavy (non-hydrogen) atoms. The SMILES string of the molecule is Cn1ccc(C(=O)NCCC2=CCNCC2)cc1=O. The average Bonchev–Trinajstić information content (AvgIpc) is 2.43. The Morgan fingerprint density at radius 2 is 2.37 bits per heavy atom. The van der Waals surface area contributed by atoms with Gasteiger partial charge in [0.05, 0.1) is 0 Å². The van der Waals surface area contributed by atoms with E-state index >= 15 is 0 Å². The van der Waals surface area contributed by atoms with Gasteiger partial charge in [0.1, 0.15) is 0 Å². The Balaban J connectivity index is 1.85. The average molecular weight is 261 g/mol. The molecule has 1 aliphatic rings. The van der Waals surface area contributed by atoms with Crippen LogP contribution < -0.4 is 16.2 Å². The molecule has 0 saturated carbocycles. The summed E-state index contributed by atoms with van der Waals surface area (Å²) in [6, 6.07) is 3.01. The van der Waals surface area contributed by atoms with Crippen LogP contribution >= 0.6 is 0 Å². The molecule has 0 unspecified atom stereocenters. The van der Waals surface area contributed by atoms with Crippen molar-refractivity contribution in [2.24, 2.45) is 7.05 Å². The van der Waals surface area contributed by atoms with E-state index in [1.54, 1.807) is 19.3 Å². The number of hydrogen-bond acceptors (Lipinski definition) is 3. The van der Waals surface area contributed by atoms with Gasteiger partial charge in [-0.15, -0.1) is 0 Å². The van der Waals surface area contributed by atoms with Crippen molar-refractivity contribution >= 4 is 5.91 Å². The summed E-state index contributed by atoms with van der Waals surface area (Å²) in [5.74, 6) is -0.188. The predicted octanol–water partition coefficient (Wildman–Crippen LogP) is 0.425. The van der Waals surface area contributed by atoms with E-state index in [9.17, 15) is 9.59 Å². The molecule has 5 heteroatoms. The van der Waals surface area contributed by atoms with Crippen LogP contribution in [0.2, 0.25) is 0 Å². The Hall–Kier alpha value is -1.88. The molecule has 0 atom stereocenters. The normalized spacial score (nSPS) is 14.9. The van der Waals surface area contributed by atoms with E-state index in [-0.39, 0.29) is 11.5 Å². The Morgan fingerprint density at radius 3 is 3.05 bits per heavy atom. The molecule has 0 spiro atoms. The highest BCUT2D eigenvalue weighted by molar-refractivity contribution is 5.93. The smallest absolute Gasteiger partial charge is 0.251 e. The van der Waals surface area contributed by atoms with E-state index in [2.05, 4.69) is 16.7 Å². The van der Waals surface area contributed by atoms with E-state index in [4.69, 9.17) is 0 Å². The van der Waals surface area contributed by atoms with Gasteiger partial charge in [0.15, 0.2) is 0 Å². The maximum atomic E-state index is 11.9. The lowest BCUT2D eigenvalue weighted by Crippen LogP contribution is -2.28. The highest BCUT2D eigenvalue weighted by atomic mass is 16.2. The molecule has 102 valence electrons. The number of carbonyl (C=O) groups excluding carboxylic acids is 1. The zero-order valence-corrected chi connectivity index (χ0v) is 11.1. The van der Waals surface area contributed by atoms with Crippen molar-refractivity contribution < 1.29 is 4.79 Å². The minimum atomic E-state index is -0.188. The molecule has 1 aliphatic heterocycles. The molecule has 2 rings (SSSR count). The van der Waals surface area contributed by atoms with Gasteiger partial charge in [-0.1, -0.05) is 11.6 Å². The third-order valence-corrected chi connectivity index (χ3v) is 3.26. The maximum Gasteiger partial charge on any atom is 0.251 e. The summed E-state index contributed by atoms with van der Waals surface area (Å²) in [6.07, 6.45) is 5.69. The minimum absolute atomic E-state index is 0.172. The molecular weight excluding hydrogens is 242 g/mol. The molecular formula is C14H19N3O2. The first kappa shape index (κ1) is 13.5. The van der Waals surface area contributed by atoms with Crippen LogP contribution in [0, 0.1) is 0 Å². The first-order valence-electron chi connectivity index (χ1n) is 6.50. The van der Waals surface area contributed by atoms with Gasteiger partial charge in [0.25, 0.3) is 11.5 Å². The fourth-order valence-corrected chi connectivity index (χ4v) is 2.03. The van der Waals surface area contributed by atoms with E-state index in [0.29, 0.717) is 12.1 Å². The Labute approximate surface area is 112 Å². The fraction of sp³-hybridized carbons (Fsp3) is 0.429. The summed E-state index contributed by atoms with van der Waals surface area (Å²) in [5, 5.41) is 6.10. The Kier molecular flexibility index (Phi) is 4.52. The van der Waals surface area contributed by atoms with E-state index in [1.807, 2.05) is 0 Å². The largest absolute Gasteiger partial charge is 0.352 e. The number of aromatic nitrogens is 1. The first-order valence-corrected chi connectivity index (χ1v) is 6.50. The molecule has 2 N–H and O–H groups in total. The standard InChI is InChI=1S/C14H19N3O2/c1-17-9-5-12(10-13(17)18)14(19)16-8-4-11-2-6-15-7-3-11/h2,5,9-10,15H,3-4,6-8H2,1H3,(H,16,19). The van der Waals surface area contributed by atoms with Crippen molar-refractivity contribution in [2.75, 3.05) is 19.6 Å². The second-order valence-electron chi connectivity index (χ2n) is 4.69. The molecule has 0 aliphatic carbocycles. The van der Waals surface area contributed by atoms with Crippen molar-refractivity contribution in [1.29, 1.82) is 0 Å². The molecule has 0 aromatic carbocycles. The summed E-state index contributed by atoms with van der Waals surface area (Å²) in [7, 11) is 1.66. The molecule has 5 nitrogen and oxygen atoms in total. The van der Waals surface area contributed by atoms with Crippen molar-refractivity contribution in [3.63, 3.8) is 0 Å². The Bertz CT molecular complexity index is 546. The van der Waals surface area contributed by atoms with E-state index in [1.165, 1.54) is 16.2 Å². The molecule has 1 aromatic rings. The van der Waals surface area contributed by atoms with Gasteiger partial charge >= 0.3 is 0 Å². The van der Waals surface area contributed by atoms with Gasteiger partial charge < -0.3 is 15.2 Å². The van der Waals surface area contributed by atoms with Crippen molar-refractivity contribution in [2.45, 2.75) is 12.8 Å². The summed E-state index contributed by atoms with van der Waals surface area (Å²) in [6.45, 7) is 2.53. The summed E-state index contributed by atoms with van der Waals surface area (Å²) in [4.78, 5) is 23.3. The molecule has 0 saturated heterocycles.